The van der Waals surface area contributed by atoms with Crippen molar-refractivity contribution in [2.45, 2.75) is 116 Å². The molecule has 0 aromatic heterocycles. The van der Waals surface area contributed by atoms with Crippen LogP contribution in [-0.4, -0.2) is 48.8 Å². The maximum absolute atomic E-state index is 13.0. The zero-order valence-corrected chi connectivity index (χ0v) is 25.6. The Hall–Kier alpha value is -2.57. The standard InChI is InChI=1S/C35H54N2O4/c1-3-4-5-6-7-8-9-10-11-12-13-14-18-21-34(38)36-31(28-37(2)27-29-19-16-15-17-20-29)35(39)30-22-23-32-33(26-30)41-25-24-40-32/h15-17,19-20,22-23,26,31,35,39H,3-14,18,21,24-25,27-28H2,1-2H3,(H,36,38)/t31-,35-/m1/s1. The zero-order chi connectivity index (χ0) is 29.1. The lowest BCUT2D eigenvalue weighted by molar-refractivity contribution is -0.123. The molecule has 0 radical (unpaired) electrons. The highest BCUT2D eigenvalue weighted by atomic mass is 16.6. The highest BCUT2D eigenvalue weighted by Crippen LogP contribution is 2.33. The van der Waals surface area contributed by atoms with Gasteiger partial charge in [0.25, 0.3) is 0 Å². The first kappa shape index (κ1) is 32.9. The summed E-state index contributed by atoms with van der Waals surface area (Å²) in [6.07, 6.45) is 16.3. The van der Waals surface area contributed by atoms with E-state index in [-0.39, 0.29) is 5.91 Å². The van der Waals surface area contributed by atoms with Crippen molar-refractivity contribution in [1.82, 2.24) is 10.2 Å². The molecule has 0 spiro atoms. The second kappa shape index (κ2) is 19.5. The van der Waals surface area contributed by atoms with Gasteiger partial charge in [-0.15, -0.1) is 0 Å². The van der Waals surface area contributed by atoms with Crippen LogP contribution in [0, 0.1) is 0 Å². The number of aliphatic hydroxyl groups is 1. The average Bonchev–Trinajstić information content (AvgIpc) is 2.99. The molecule has 2 aromatic carbocycles. The van der Waals surface area contributed by atoms with Crippen LogP contribution in [0.25, 0.3) is 0 Å². The average molecular weight is 567 g/mol. The number of nitrogens with zero attached hydrogens (tertiary/aromatic N) is 1. The number of carbonyl (C=O) groups excluding carboxylic acids is 1. The molecule has 1 heterocycles. The quantitative estimate of drug-likeness (QED) is 0.152. The van der Waals surface area contributed by atoms with E-state index in [1.165, 1.54) is 76.2 Å². The zero-order valence-electron chi connectivity index (χ0n) is 25.6. The maximum Gasteiger partial charge on any atom is 0.220 e. The summed E-state index contributed by atoms with van der Waals surface area (Å²) in [5.74, 6) is 1.33. The number of fused-ring (bicyclic) bond motifs is 1. The maximum atomic E-state index is 13.0. The minimum absolute atomic E-state index is 0.00257. The van der Waals surface area contributed by atoms with Crippen molar-refractivity contribution in [3.8, 4) is 11.5 Å². The number of amides is 1. The number of carbonyl (C=O) groups is 1. The summed E-state index contributed by atoms with van der Waals surface area (Å²) in [5.41, 5.74) is 1.91. The molecule has 1 aliphatic heterocycles. The van der Waals surface area contributed by atoms with Gasteiger partial charge in [0.2, 0.25) is 5.91 Å². The molecule has 0 bridgehead atoms. The van der Waals surface area contributed by atoms with Crippen molar-refractivity contribution in [2.75, 3.05) is 26.8 Å². The molecule has 228 valence electrons. The summed E-state index contributed by atoms with van der Waals surface area (Å²) in [7, 11) is 2.02. The normalized spacial score (nSPS) is 14.1. The van der Waals surface area contributed by atoms with Crippen molar-refractivity contribution in [1.29, 1.82) is 0 Å². The fourth-order valence-electron chi connectivity index (χ4n) is 5.58. The number of benzene rings is 2. The van der Waals surface area contributed by atoms with Crippen LogP contribution in [0.4, 0.5) is 0 Å². The third-order valence-corrected chi connectivity index (χ3v) is 7.95. The van der Waals surface area contributed by atoms with Crippen LogP contribution < -0.4 is 14.8 Å². The van der Waals surface area contributed by atoms with Gasteiger partial charge in [-0.2, -0.15) is 0 Å². The summed E-state index contributed by atoms with van der Waals surface area (Å²) in [6.45, 7) is 4.54. The summed E-state index contributed by atoms with van der Waals surface area (Å²) < 4.78 is 11.4. The molecule has 1 amide bonds. The first-order chi connectivity index (χ1) is 20.1. The predicted octanol–water partition coefficient (Wildman–Crippen LogP) is 7.59. The number of likely N-dealkylation sites (N-methyl/N-ethyl adjacent to an activating group) is 1. The summed E-state index contributed by atoms with van der Waals surface area (Å²) in [5, 5.41) is 14.5. The fourth-order valence-corrected chi connectivity index (χ4v) is 5.58. The van der Waals surface area contributed by atoms with E-state index in [9.17, 15) is 9.90 Å². The van der Waals surface area contributed by atoms with Crippen LogP contribution in [0.15, 0.2) is 48.5 Å². The molecular weight excluding hydrogens is 512 g/mol. The van der Waals surface area contributed by atoms with Gasteiger partial charge in [-0.3, -0.25) is 9.69 Å². The van der Waals surface area contributed by atoms with Crippen molar-refractivity contribution >= 4 is 5.91 Å². The number of aliphatic hydroxyl groups excluding tert-OH is 1. The molecule has 41 heavy (non-hydrogen) atoms. The Morgan fingerprint density at radius 3 is 2.05 bits per heavy atom. The second-order valence-corrected chi connectivity index (χ2v) is 11.7. The Morgan fingerprint density at radius 1 is 0.829 bits per heavy atom. The molecule has 1 aliphatic rings. The molecule has 2 atom stereocenters. The van der Waals surface area contributed by atoms with Gasteiger partial charge in [-0.05, 0) is 36.7 Å². The third-order valence-electron chi connectivity index (χ3n) is 7.95. The largest absolute Gasteiger partial charge is 0.486 e. The van der Waals surface area contributed by atoms with Crippen LogP contribution >= 0.6 is 0 Å². The fraction of sp³-hybridized carbons (Fsp3) is 0.629. The molecule has 0 saturated heterocycles. The number of rotatable bonds is 21. The first-order valence-electron chi connectivity index (χ1n) is 16.2. The highest BCUT2D eigenvalue weighted by Gasteiger charge is 2.26. The molecule has 2 aromatic rings. The molecule has 6 nitrogen and oxygen atoms in total. The van der Waals surface area contributed by atoms with E-state index >= 15 is 0 Å². The van der Waals surface area contributed by atoms with E-state index < -0.39 is 12.1 Å². The SMILES string of the molecule is CCCCCCCCCCCCCCCC(=O)N[C@H](CN(C)Cc1ccccc1)[C@H](O)c1ccc2c(c1)OCCO2. The van der Waals surface area contributed by atoms with Gasteiger partial charge in [-0.25, -0.2) is 0 Å². The van der Waals surface area contributed by atoms with Gasteiger partial charge in [0.1, 0.15) is 19.3 Å². The van der Waals surface area contributed by atoms with Crippen LogP contribution in [0.2, 0.25) is 0 Å². The van der Waals surface area contributed by atoms with Gasteiger partial charge >= 0.3 is 0 Å². The van der Waals surface area contributed by atoms with E-state index in [1.807, 2.05) is 43.4 Å². The molecule has 0 unspecified atom stereocenters. The van der Waals surface area contributed by atoms with Gasteiger partial charge < -0.3 is 19.9 Å². The van der Waals surface area contributed by atoms with Crippen LogP contribution in [0.1, 0.15) is 114 Å². The minimum atomic E-state index is -0.861. The van der Waals surface area contributed by atoms with Gasteiger partial charge in [0, 0.05) is 19.5 Å². The Morgan fingerprint density at radius 2 is 1.41 bits per heavy atom. The van der Waals surface area contributed by atoms with Gasteiger partial charge in [-0.1, -0.05) is 120 Å². The Labute approximate surface area is 248 Å². The second-order valence-electron chi connectivity index (χ2n) is 11.7. The number of nitrogens with one attached hydrogen (secondary N) is 1. The predicted molar refractivity (Wildman–Crippen MR) is 167 cm³/mol. The molecular formula is C35H54N2O4. The monoisotopic (exact) mass is 566 g/mol. The van der Waals surface area contributed by atoms with E-state index in [0.29, 0.717) is 43.2 Å². The van der Waals surface area contributed by atoms with Crippen molar-refractivity contribution in [3.63, 3.8) is 0 Å². The molecule has 2 N–H and O–H groups in total. The molecule has 0 fully saturated rings. The highest BCUT2D eigenvalue weighted by molar-refractivity contribution is 5.76. The lowest BCUT2D eigenvalue weighted by Gasteiger charge is -2.30. The number of hydrogen-bond donors (Lipinski definition) is 2. The number of ether oxygens (including phenoxy) is 2. The third kappa shape index (κ3) is 12.9. The van der Waals surface area contributed by atoms with E-state index in [4.69, 9.17) is 9.47 Å². The van der Waals surface area contributed by atoms with Crippen molar-refractivity contribution in [2.24, 2.45) is 0 Å². The molecule has 0 saturated carbocycles. The summed E-state index contributed by atoms with van der Waals surface area (Å²) in [6, 6.07) is 15.3. The lowest BCUT2D eigenvalue weighted by atomic mass is 10.00. The van der Waals surface area contributed by atoms with E-state index in [2.05, 4.69) is 29.3 Å². The number of unbranched alkanes of at least 4 members (excludes halogenated alkanes) is 12. The molecule has 6 heteroatoms. The summed E-state index contributed by atoms with van der Waals surface area (Å²) in [4.78, 5) is 15.1. The van der Waals surface area contributed by atoms with Crippen LogP contribution in [-0.2, 0) is 11.3 Å². The molecule has 3 rings (SSSR count). The van der Waals surface area contributed by atoms with Gasteiger partial charge in [0.15, 0.2) is 11.5 Å². The van der Waals surface area contributed by atoms with Gasteiger partial charge in [0.05, 0.1) is 6.04 Å². The Balaban J connectivity index is 1.42. The van der Waals surface area contributed by atoms with E-state index in [1.54, 1.807) is 0 Å². The topological polar surface area (TPSA) is 71.0 Å². The smallest absolute Gasteiger partial charge is 0.220 e. The molecule has 0 aliphatic carbocycles. The van der Waals surface area contributed by atoms with Crippen LogP contribution in [0.5, 0.6) is 11.5 Å². The number of hydrogen-bond acceptors (Lipinski definition) is 5. The van der Waals surface area contributed by atoms with Crippen molar-refractivity contribution in [3.05, 3.63) is 59.7 Å². The minimum Gasteiger partial charge on any atom is -0.486 e. The summed E-state index contributed by atoms with van der Waals surface area (Å²) >= 11 is 0. The first-order valence-corrected chi connectivity index (χ1v) is 16.2. The van der Waals surface area contributed by atoms with Crippen molar-refractivity contribution < 1.29 is 19.4 Å². The Bertz CT molecular complexity index is 983. The van der Waals surface area contributed by atoms with Crippen LogP contribution in [0.3, 0.4) is 0 Å². The lowest BCUT2D eigenvalue weighted by Crippen LogP contribution is -2.46. The van der Waals surface area contributed by atoms with E-state index in [0.717, 1.165) is 19.4 Å². The Kier molecular flexibility index (Phi) is 15.7.